The smallest absolute Gasteiger partial charge is 0.252 e. The number of aromatic nitrogens is 2. The summed E-state index contributed by atoms with van der Waals surface area (Å²) in [5, 5.41) is -1.10. The topological polar surface area (TPSA) is 16.3 Å². The molecule has 4 nitrogen and oxygen atoms in total. The second-order valence-electron chi connectivity index (χ2n) is 39.2. The summed E-state index contributed by atoms with van der Waals surface area (Å²) in [6.45, 7) is 19.7. The molecule has 0 spiro atoms. The Morgan fingerprint density at radius 3 is 0.891 bits per heavy atom. The normalized spacial score (nSPS) is 14.1. The molecule has 137 heavy (non-hydrogen) atoms. The highest BCUT2D eigenvalue weighted by molar-refractivity contribution is 7.00. The van der Waals surface area contributed by atoms with E-state index in [4.69, 9.17) is 2.74 Å². The van der Waals surface area contributed by atoms with Crippen molar-refractivity contribution in [3.05, 3.63) is 477 Å². The second-order valence-corrected chi connectivity index (χ2v) is 39.2. The third kappa shape index (κ3) is 14.9. The minimum atomic E-state index is -0.741. The molecule has 24 rings (SSSR count). The van der Waals surface area contributed by atoms with Crippen molar-refractivity contribution in [3.63, 3.8) is 0 Å². The van der Waals surface area contributed by atoms with E-state index in [1.54, 1.807) is 4.57 Å². The molecule has 20 aromatic carbocycles. The molecule has 0 radical (unpaired) electrons. The van der Waals surface area contributed by atoms with E-state index < -0.39 is 130 Å². The van der Waals surface area contributed by atoms with Crippen LogP contribution in [0.15, 0.2) is 461 Å². The standard InChI is InChI=1S/C132H103BN4/c1-130(2,3)104-78-112(97-54-34-50-92(70-97)86-38-16-10-17-39-86)128(113(79-104)98-55-35-51-93(71-98)87-40-18-11-19-41-87)136-123-68-64-96(103-75-101(90-46-24-14-25-47-90)74-102(76-103)91-48-26-15-27-49-91)77-118(123)133-117-67-65-108(135-121-63-33-30-60-111(121)116-84-107(66-69-122(116)135)134-119-61-31-28-58-109(119)110-59-29-32-62-120(110)134)85-124(117)137(126-83-106(132(7,8)9)82-125(136)127(126)133)129-114(99-56-36-52-94(72-99)88-42-20-12-21-43-88)80-105(131(4,5)6)81-115(129)100-57-37-53-95(73-100)89-44-22-13-23-45-89/h10-85H,1-9H3/i28D,29D,30D,31D,32D,33D,58D,59D,60D,61D,62D,63D,66D,69D,84D. The maximum atomic E-state index is 11.0. The first-order valence-corrected chi connectivity index (χ1v) is 47.0. The summed E-state index contributed by atoms with van der Waals surface area (Å²) < 4.78 is 151. The molecule has 2 aromatic heterocycles. The molecule has 2 aliphatic heterocycles. The average molecular weight is 1770 g/mol. The van der Waals surface area contributed by atoms with E-state index in [0.29, 0.717) is 5.69 Å². The zero-order valence-electron chi connectivity index (χ0n) is 92.6. The molecule has 0 fully saturated rings. The molecule has 0 unspecified atom stereocenters. The summed E-state index contributed by atoms with van der Waals surface area (Å²) in [7, 11) is 0. The van der Waals surface area contributed by atoms with Crippen molar-refractivity contribution in [3.8, 4) is 134 Å². The minimum absolute atomic E-state index is 0.161. The SMILES string of the molecule is [2H]c1c([2H])c([2H])c2c(c1[2H])c1c([2H])c(-n3c4c([2H])c([2H])c([2H])c([2H])c4c4c([2H])c([2H])c([2H])c([2H])c43)c([2H])c([2H])c1n2-c1ccc2c(c1)N(c1c(-c3cccc(-c4ccccc4)c3)cc(C(C)(C)C)cc1-c1cccc(-c3ccccc3)c1)c1cc(C(C)(C)C)cc3c1B2c1cc(-c2cc(-c4ccccc4)cc(-c4ccccc4)c2)ccc1N3c1c(-c2cccc(-c3ccccc3)c2)cc(C(C)(C)C)cc1-c1cccc(-c2ccccc2)c1. The largest absolute Gasteiger partial charge is 0.310 e. The van der Waals surface area contributed by atoms with Gasteiger partial charge in [0.05, 0.1) is 54.0 Å². The highest BCUT2D eigenvalue weighted by Crippen LogP contribution is 2.57. The number of hydrogen-bond donors (Lipinski definition) is 0. The van der Waals surface area contributed by atoms with Crippen molar-refractivity contribution in [2.24, 2.45) is 0 Å². The number of anilines is 6. The molecular weight excluding hydrogens is 1650 g/mol. The fraction of sp³-hybridized carbons (Fsp3) is 0.0909. The van der Waals surface area contributed by atoms with Gasteiger partial charge >= 0.3 is 0 Å². The summed E-state index contributed by atoms with van der Waals surface area (Å²) >= 11 is 0. The predicted molar refractivity (Wildman–Crippen MR) is 585 cm³/mol. The summed E-state index contributed by atoms with van der Waals surface area (Å²) in [4.78, 5) is 5.04. The zero-order valence-corrected chi connectivity index (χ0v) is 77.6. The van der Waals surface area contributed by atoms with E-state index in [1.807, 2.05) is 30.3 Å². The first kappa shape index (κ1) is 68.6. The van der Waals surface area contributed by atoms with Crippen molar-refractivity contribution < 1.29 is 20.6 Å². The molecule has 654 valence electrons. The van der Waals surface area contributed by atoms with E-state index in [-0.39, 0.29) is 38.3 Å². The molecule has 0 saturated carbocycles. The van der Waals surface area contributed by atoms with Crippen molar-refractivity contribution in [2.75, 3.05) is 9.80 Å². The molecule has 5 heteroatoms. The van der Waals surface area contributed by atoms with E-state index in [9.17, 15) is 17.8 Å². The van der Waals surface area contributed by atoms with Gasteiger partial charge in [-0.1, -0.05) is 390 Å². The highest BCUT2D eigenvalue weighted by atomic mass is 15.2. The van der Waals surface area contributed by atoms with Gasteiger partial charge in [-0.2, -0.15) is 0 Å². The number of para-hydroxylation sites is 3. The van der Waals surface area contributed by atoms with Gasteiger partial charge in [-0.15, -0.1) is 0 Å². The van der Waals surface area contributed by atoms with Crippen LogP contribution in [0.2, 0.25) is 0 Å². The Labute approximate surface area is 825 Å². The van der Waals surface area contributed by atoms with Crippen molar-refractivity contribution in [1.82, 2.24) is 9.13 Å². The fourth-order valence-electron chi connectivity index (χ4n) is 20.6. The van der Waals surface area contributed by atoms with Gasteiger partial charge in [0.2, 0.25) is 0 Å². The monoisotopic (exact) mass is 1770 g/mol. The quantitative estimate of drug-likeness (QED) is 0.0951. The fourth-order valence-corrected chi connectivity index (χ4v) is 20.6. The Morgan fingerprint density at radius 2 is 0.511 bits per heavy atom. The number of rotatable bonds is 15. The summed E-state index contributed by atoms with van der Waals surface area (Å²) in [6, 6.07) is 123. The zero-order chi connectivity index (χ0) is 106. The second kappa shape index (κ2) is 33.4. The van der Waals surface area contributed by atoms with Crippen molar-refractivity contribution in [2.45, 2.75) is 78.6 Å². The first-order chi connectivity index (χ1) is 73.1. The average Bonchev–Trinajstić information content (AvgIpc) is 1.00. The first-order valence-electron chi connectivity index (χ1n) is 54.5. The van der Waals surface area contributed by atoms with Crippen LogP contribution in [0.3, 0.4) is 0 Å². The van der Waals surface area contributed by atoms with E-state index in [1.165, 1.54) is 0 Å². The van der Waals surface area contributed by atoms with Crippen LogP contribution in [0.25, 0.3) is 177 Å². The van der Waals surface area contributed by atoms with Crippen LogP contribution in [-0.2, 0) is 16.2 Å². The number of benzene rings is 20. The van der Waals surface area contributed by atoms with Gasteiger partial charge < -0.3 is 18.9 Å². The third-order valence-electron chi connectivity index (χ3n) is 27.6. The van der Waals surface area contributed by atoms with Crippen LogP contribution in [0.4, 0.5) is 34.1 Å². The van der Waals surface area contributed by atoms with Gasteiger partial charge in [-0.3, -0.25) is 0 Å². The van der Waals surface area contributed by atoms with Crippen LogP contribution >= 0.6 is 0 Å². The Hall–Kier alpha value is -16.3. The van der Waals surface area contributed by atoms with Crippen LogP contribution in [0.1, 0.15) is 99.6 Å². The lowest BCUT2D eigenvalue weighted by Crippen LogP contribution is -2.61. The lowest BCUT2D eigenvalue weighted by molar-refractivity contribution is 0.590. The molecule has 0 atom stereocenters. The molecule has 0 aliphatic carbocycles. The summed E-state index contributed by atoms with van der Waals surface area (Å²) in [6.07, 6.45) is 0. The Balaban J connectivity index is 0.897. The van der Waals surface area contributed by atoms with Gasteiger partial charge in [0.1, 0.15) is 0 Å². The maximum absolute atomic E-state index is 11.0. The number of nitrogens with zero attached hydrogens (tertiary/aromatic N) is 4. The predicted octanol–water partition coefficient (Wildman–Crippen LogP) is 34.2. The summed E-state index contributed by atoms with van der Waals surface area (Å²) in [5.41, 5.74) is 29.1. The minimum Gasteiger partial charge on any atom is -0.310 e. The molecule has 0 amide bonds. The van der Waals surface area contributed by atoms with Gasteiger partial charge in [0.15, 0.2) is 0 Å². The van der Waals surface area contributed by atoms with Gasteiger partial charge in [0, 0.05) is 77.9 Å². The lowest BCUT2D eigenvalue weighted by Gasteiger charge is -2.47. The van der Waals surface area contributed by atoms with Crippen LogP contribution in [-0.4, -0.2) is 15.8 Å². The maximum Gasteiger partial charge on any atom is 0.252 e. The molecule has 4 heterocycles. The number of hydrogen-bond acceptors (Lipinski definition) is 2. The van der Waals surface area contributed by atoms with Crippen molar-refractivity contribution >= 4 is 101 Å². The van der Waals surface area contributed by atoms with E-state index >= 15 is 0 Å². The number of fused-ring (bicyclic) bond motifs is 10. The lowest BCUT2D eigenvalue weighted by atomic mass is 9.33. The molecule has 22 aromatic rings. The Bertz CT molecular complexity index is 9140. The molecular formula is C132H103BN4. The Morgan fingerprint density at radius 1 is 0.212 bits per heavy atom. The molecule has 2 aliphatic rings. The van der Waals surface area contributed by atoms with E-state index in [0.717, 1.165) is 188 Å². The molecule has 0 bridgehead atoms. The third-order valence-corrected chi connectivity index (χ3v) is 27.6. The van der Waals surface area contributed by atoms with E-state index in [2.05, 4.69) is 412 Å². The van der Waals surface area contributed by atoms with Gasteiger partial charge in [-0.05, 0) is 283 Å². The highest BCUT2D eigenvalue weighted by Gasteiger charge is 2.47. The van der Waals surface area contributed by atoms with Crippen LogP contribution < -0.4 is 26.2 Å². The Kier molecular flexibility index (Phi) is 16.7. The summed E-state index contributed by atoms with van der Waals surface area (Å²) in [5.74, 6) is 0. The van der Waals surface area contributed by atoms with Crippen LogP contribution in [0, 0.1) is 0 Å². The molecule has 0 saturated heterocycles. The van der Waals surface area contributed by atoms with Crippen molar-refractivity contribution in [1.29, 1.82) is 0 Å². The molecule has 0 N–H and O–H groups in total. The van der Waals surface area contributed by atoms with Gasteiger partial charge in [-0.25, -0.2) is 0 Å². The van der Waals surface area contributed by atoms with Crippen LogP contribution in [0.5, 0.6) is 0 Å². The van der Waals surface area contributed by atoms with Gasteiger partial charge in [0.25, 0.3) is 6.71 Å².